The van der Waals surface area contributed by atoms with Gasteiger partial charge in [-0.15, -0.1) is 0 Å². The van der Waals surface area contributed by atoms with E-state index in [0.717, 1.165) is 0 Å². The van der Waals surface area contributed by atoms with Crippen LogP contribution in [0.3, 0.4) is 0 Å². The number of primary amides is 1. The van der Waals surface area contributed by atoms with Crippen molar-refractivity contribution < 1.29 is 14.7 Å². The molecule has 0 aromatic rings. The van der Waals surface area contributed by atoms with Gasteiger partial charge in [0.25, 0.3) is 0 Å². The Morgan fingerprint density at radius 2 is 1.40 bits per heavy atom. The van der Waals surface area contributed by atoms with Crippen molar-refractivity contribution in [3.05, 3.63) is 0 Å². The molecule has 60 valence electrons. The van der Waals surface area contributed by atoms with E-state index in [4.69, 9.17) is 9.90 Å². The maximum atomic E-state index is 9.71. The van der Waals surface area contributed by atoms with E-state index in [0.29, 0.717) is 0 Å². The smallest absolute Gasteiger partial charge is 0.402 e. The van der Waals surface area contributed by atoms with Crippen LogP contribution >= 0.6 is 0 Å². The van der Waals surface area contributed by atoms with Crippen molar-refractivity contribution in [2.24, 2.45) is 17.4 Å². The molecule has 0 fully saturated rings. The lowest BCUT2D eigenvalue weighted by atomic mass is 11.1. The fourth-order valence-corrected chi connectivity index (χ4v) is 0.0417. The Morgan fingerprint density at radius 3 is 1.40 bits per heavy atom. The molecular weight excluding hydrogens is 142 g/mol. The summed E-state index contributed by atoms with van der Waals surface area (Å²) in [5.41, 5.74) is 7.51. The maximum Gasteiger partial charge on any atom is 0.402 e. The van der Waals surface area contributed by atoms with E-state index in [1.165, 1.54) is 0 Å². The molecule has 8 heteroatoms. The SMILES string of the molecule is NC(=O)O.NNC(=O)NN. The highest BCUT2D eigenvalue weighted by molar-refractivity contribution is 5.72. The molecule has 0 saturated heterocycles. The molecule has 0 aromatic heterocycles. The van der Waals surface area contributed by atoms with Gasteiger partial charge in [0.05, 0.1) is 0 Å². The number of nitrogens with one attached hydrogen (secondary N) is 2. The molecule has 0 aliphatic rings. The normalized spacial score (nSPS) is 6.60. The van der Waals surface area contributed by atoms with Gasteiger partial charge >= 0.3 is 12.1 Å². The van der Waals surface area contributed by atoms with Crippen LogP contribution in [0.4, 0.5) is 9.59 Å². The molecule has 0 aliphatic heterocycles. The van der Waals surface area contributed by atoms with E-state index < -0.39 is 12.1 Å². The number of rotatable bonds is 0. The van der Waals surface area contributed by atoms with Crippen LogP contribution < -0.4 is 28.3 Å². The first-order valence-electron chi connectivity index (χ1n) is 2.00. The van der Waals surface area contributed by atoms with Gasteiger partial charge in [0, 0.05) is 0 Å². The minimum absolute atomic E-state index is 0.602. The van der Waals surface area contributed by atoms with Crippen LogP contribution in [0.25, 0.3) is 0 Å². The third-order valence-corrected chi connectivity index (χ3v) is 0.262. The molecule has 0 aromatic carbocycles. The van der Waals surface area contributed by atoms with Gasteiger partial charge in [0.1, 0.15) is 0 Å². The van der Waals surface area contributed by atoms with Gasteiger partial charge in [-0.1, -0.05) is 0 Å². The number of carbonyl (C=O) groups is 2. The lowest BCUT2D eigenvalue weighted by molar-refractivity contribution is 0.205. The predicted molar refractivity (Wildman–Crippen MR) is 32.3 cm³/mol. The van der Waals surface area contributed by atoms with Gasteiger partial charge in [-0.2, -0.15) is 0 Å². The quantitative estimate of drug-likeness (QED) is 0.130. The van der Waals surface area contributed by atoms with Crippen LogP contribution in [0.5, 0.6) is 0 Å². The van der Waals surface area contributed by atoms with Crippen molar-refractivity contribution in [1.82, 2.24) is 10.9 Å². The van der Waals surface area contributed by atoms with E-state index in [9.17, 15) is 4.79 Å². The number of hydrogen-bond donors (Lipinski definition) is 6. The molecule has 0 bridgehead atoms. The van der Waals surface area contributed by atoms with Gasteiger partial charge in [-0.05, 0) is 0 Å². The summed E-state index contributed by atoms with van der Waals surface area (Å²) in [7, 11) is 0. The van der Waals surface area contributed by atoms with Gasteiger partial charge < -0.3 is 10.8 Å². The zero-order chi connectivity index (χ0) is 8.57. The van der Waals surface area contributed by atoms with Crippen molar-refractivity contribution in [3.63, 3.8) is 0 Å². The van der Waals surface area contributed by atoms with Crippen LogP contribution in [-0.4, -0.2) is 17.2 Å². The highest BCUT2D eigenvalue weighted by Gasteiger charge is 1.83. The Morgan fingerprint density at radius 1 is 1.20 bits per heavy atom. The molecule has 0 spiro atoms. The van der Waals surface area contributed by atoms with Crippen LogP contribution in [-0.2, 0) is 0 Å². The highest BCUT2D eigenvalue weighted by atomic mass is 16.4. The van der Waals surface area contributed by atoms with E-state index in [2.05, 4.69) is 17.4 Å². The van der Waals surface area contributed by atoms with Gasteiger partial charge in [-0.3, -0.25) is 10.9 Å². The number of urea groups is 1. The van der Waals surface area contributed by atoms with Crippen LogP contribution in [0.15, 0.2) is 0 Å². The lowest BCUT2D eigenvalue weighted by Crippen LogP contribution is -2.43. The van der Waals surface area contributed by atoms with Crippen molar-refractivity contribution in [1.29, 1.82) is 0 Å². The fraction of sp³-hybridized carbons (Fsp3) is 0. The Hall–Kier alpha value is -1.54. The third kappa shape index (κ3) is 31.8. The minimum atomic E-state index is -1.33. The van der Waals surface area contributed by atoms with Gasteiger partial charge in [-0.25, -0.2) is 21.3 Å². The average Bonchev–Trinajstić information content (AvgIpc) is 1.85. The molecule has 0 aliphatic carbocycles. The van der Waals surface area contributed by atoms with Crippen molar-refractivity contribution >= 4 is 12.1 Å². The van der Waals surface area contributed by atoms with E-state index >= 15 is 0 Å². The van der Waals surface area contributed by atoms with E-state index in [1.54, 1.807) is 10.9 Å². The maximum absolute atomic E-state index is 9.71. The first-order chi connectivity index (χ1) is 4.54. The Balaban J connectivity index is 0. The topological polar surface area (TPSA) is 156 Å². The monoisotopic (exact) mass is 151 g/mol. The molecule has 0 atom stereocenters. The second-order valence-electron chi connectivity index (χ2n) is 0.956. The number of nitrogens with two attached hydrogens (primary N) is 3. The summed E-state index contributed by atoms with van der Waals surface area (Å²) in [6, 6.07) is -0.602. The minimum Gasteiger partial charge on any atom is -0.465 e. The summed E-state index contributed by atoms with van der Waals surface area (Å²) in [6.45, 7) is 0. The summed E-state index contributed by atoms with van der Waals surface area (Å²) < 4.78 is 0. The molecule has 0 unspecified atom stereocenters. The van der Waals surface area contributed by atoms with Crippen LogP contribution in [0, 0.1) is 0 Å². The first-order valence-corrected chi connectivity index (χ1v) is 2.00. The molecule has 10 heavy (non-hydrogen) atoms. The molecule has 0 saturated carbocycles. The second-order valence-corrected chi connectivity index (χ2v) is 0.956. The zero-order valence-electron chi connectivity index (χ0n) is 5.00. The molecule has 0 rings (SSSR count). The molecular formula is C2H9N5O3. The van der Waals surface area contributed by atoms with Crippen molar-refractivity contribution in [2.75, 3.05) is 0 Å². The molecule has 3 amide bonds. The average molecular weight is 151 g/mol. The van der Waals surface area contributed by atoms with Gasteiger partial charge in [0.2, 0.25) is 0 Å². The standard InChI is InChI=1S/CH6N4O.CH3NO2/c2-4-1(6)5-3;2-1(3)4/h2-3H2,(H2,4,5,6);2H2,(H,3,4). The number of carboxylic acid groups (broad SMARTS) is 1. The summed E-state index contributed by atoms with van der Waals surface area (Å²) in [6.07, 6.45) is -1.33. The van der Waals surface area contributed by atoms with Gasteiger partial charge in [0.15, 0.2) is 0 Å². The third-order valence-electron chi connectivity index (χ3n) is 0.262. The zero-order valence-corrected chi connectivity index (χ0v) is 5.00. The van der Waals surface area contributed by atoms with Crippen molar-refractivity contribution in [2.45, 2.75) is 0 Å². The summed E-state index contributed by atoms with van der Waals surface area (Å²) >= 11 is 0. The Kier molecular flexibility index (Phi) is 8.42. The Labute approximate surface area is 56.3 Å². The molecule has 9 N–H and O–H groups in total. The van der Waals surface area contributed by atoms with Crippen LogP contribution in [0.1, 0.15) is 0 Å². The Bertz CT molecular complexity index is 103. The first kappa shape index (κ1) is 11.3. The second kappa shape index (κ2) is 7.46. The summed E-state index contributed by atoms with van der Waals surface area (Å²) in [5, 5.41) is 7.19. The number of hydrazine groups is 2. The predicted octanol–water partition coefficient (Wildman–Crippen LogP) is -2.34. The molecule has 8 nitrogen and oxygen atoms in total. The molecule has 0 heterocycles. The van der Waals surface area contributed by atoms with E-state index in [1.807, 2.05) is 0 Å². The highest BCUT2D eigenvalue weighted by Crippen LogP contribution is 1.42. The molecule has 0 radical (unpaired) electrons. The van der Waals surface area contributed by atoms with Crippen LogP contribution in [0.2, 0.25) is 0 Å². The van der Waals surface area contributed by atoms with Crippen molar-refractivity contribution in [3.8, 4) is 0 Å². The number of hydrogen-bond acceptors (Lipinski definition) is 4. The van der Waals surface area contributed by atoms with E-state index in [-0.39, 0.29) is 0 Å². The number of carbonyl (C=O) groups excluding carboxylic acids is 1. The number of amides is 3. The largest absolute Gasteiger partial charge is 0.465 e. The summed E-state index contributed by atoms with van der Waals surface area (Å²) in [4.78, 5) is 18.5. The summed E-state index contributed by atoms with van der Waals surface area (Å²) in [5.74, 6) is 9.08. The lowest BCUT2D eigenvalue weighted by Gasteiger charge is -1.90. The fourth-order valence-electron chi connectivity index (χ4n) is 0.0417.